The lowest BCUT2D eigenvalue weighted by molar-refractivity contribution is 0.0632. The lowest BCUT2D eigenvalue weighted by atomic mass is 10.1. The Bertz CT molecular complexity index is 868. The van der Waals surface area contributed by atoms with Crippen molar-refractivity contribution in [3.05, 3.63) is 84.4 Å². The van der Waals surface area contributed by atoms with Gasteiger partial charge in [0, 0.05) is 57.0 Å². The lowest BCUT2D eigenvalue weighted by Gasteiger charge is -2.34. The third kappa shape index (κ3) is 4.26. The molecule has 3 heterocycles. The van der Waals surface area contributed by atoms with Crippen LogP contribution in [0.5, 0.6) is 0 Å². The van der Waals surface area contributed by atoms with Crippen molar-refractivity contribution >= 4 is 5.91 Å². The maximum atomic E-state index is 12.8. The van der Waals surface area contributed by atoms with Gasteiger partial charge in [-0.1, -0.05) is 30.3 Å². The van der Waals surface area contributed by atoms with Crippen LogP contribution in [0.1, 0.15) is 16.1 Å². The topological polar surface area (TPSA) is 41.4 Å². The molecular formula is C22H24N4O. The number of carbonyl (C=O) groups is 1. The number of nitrogens with zero attached hydrogens (tertiary/aromatic N) is 4. The normalized spacial score (nSPS) is 15.0. The minimum Gasteiger partial charge on any atom is -0.335 e. The smallest absolute Gasteiger partial charge is 0.272 e. The summed E-state index contributed by atoms with van der Waals surface area (Å²) in [7, 11) is 0. The van der Waals surface area contributed by atoms with Gasteiger partial charge in [0.25, 0.3) is 5.91 Å². The monoisotopic (exact) mass is 360 g/mol. The highest BCUT2D eigenvalue weighted by Gasteiger charge is 2.23. The average molecular weight is 360 g/mol. The summed E-state index contributed by atoms with van der Waals surface area (Å²) in [4.78, 5) is 21.5. The van der Waals surface area contributed by atoms with Crippen LogP contribution in [0.25, 0.3) is 5.69 Å². The molecule has 1 aromatic carbocycles. The minimum absolute atomic E-state index is 0.0201. The Kier molecular flexibility index (Phi) is 5.30. The van der Waals surface area contributed by atoms with E-state index in [0.29, 0.717) is 5.69 Å². The van der Waals surface area contributed by atoms with Crippen molar-refractivity contribution < 1.29 is 4.79 Å². The Labute approximate surface area is 159 Å². The molecule has 1 saturated heterocycles. The predicted octanol–water partition coefficient (Wildman–Crippen LogP) is 2.87. The van der Waals surface area contributed by atoms with Crippen LogP contribution in [0.3, 0.4) is 0 Å². The van der Waals surface area contributed by atoms with Gasteiger partial charge in [0.1, 0.15) is 5.69 Å². The first-order chi connectivity index (χ1) is 13.3. The first-order valence-electron chi connectivity index (χ1n) is 9.44. The van der Waals surface area contributed by atoms with E-state index in [1.54, 1.807) is 6.20 Å². The highest BCUT2D eigenvalue weighted by molar-refractivity contribution is 5.92. The first-order valence-corrected chi connectivity index (χ1v) is 9.44. The van der Waals surface area contributed by atoms with Crippen LogP contribution in [0.15, 0.2) is 73.2 Å². The third-order valence-electron chi connectivity index (χ3n) is 5.08. The van der Waals surface area contributed by atoms with Gasteiger partial charge in [-0.15, -0.1) is 0 Å². The Morgan fingerprint density at radius 1 is 0.926 bits per heavy atom. The zero-order valence-electron chi connectivity index (χ0n) is 15.4. The van der Waals surface area contributed by atoms with E-state index in [1.807, 2.05) is 52.2 Å². The van der Waals surface area contributed by atoms with Gasteiger partial charge in [-0.25, -0.2) is 0 Å². The van der Waals surface area contributed by atoms with E-state index in [2.05, 4.69) is 34.1 Å². The molecule has 0 saturated carbocycles. The van der Waals surface area contributed by atoms with Gasteiger partial charge < -0.3 is 9.47 Å². The van der Waals surface area contributed by atoms with Gasteiger partial charge in [0.15, 0.2) is 0 Å². The van der Waals surface area contributed by atoms with Crippen molar-refractivity contribution in [3.63, 3.8) is 0 Å². The minimum atomic E-state index is 0.0201. The van der Waals surface area contributed by atoms with Gasteiger partial charge in [-0.2, -0.15) is 0 Å². The zero-order valence-corrected chi connectivity index (χ0v) is 15.4. The Balaban J connectivity index is 1.33. The molecule has 0 unspecified atom stereocenters. The number of hydrogen-bond donors (Lipinski definition) is 0. The standard InChI is InChI=1S/C22H24N4O/c27-22(21-18-20(8-10-23-21)25-11-4-5-12-25)26-16-14-24(15-17-26)13-9-19-6-2-1-3-7-19/h1-8,10-12,18H,9,13-17H2. The molecule has 5 heteroatoms. The molecule has 0 radical (unpaired) electrons. The quantitative estimate of drug-likeness (QED) is 0.703. The summed E-state index contributed by atoms with van der Waals surface area (Å²) >= 11 is 0. The van der Waals surface area contributed by atoms with Crippen molar-refractivity contribution in [1.82, 2.24) is 19.4 Å². The van der Waals surface area contributed by atoms with Gasteiger partial charge in [0.05, 0.1) is 0 Å². The summed E-state index contributed by atoms with van der Waals surface area (Å²) in [5.41, 5.74) is 2.83. The highest BCUT2D eigenvalue weighted by Crippen LogP contribution is 2.13. The molecule has 0 bridgehead atoms. The molecule has 1 amide bonds. The fraction of sp³-hybridized carbons (Fsp3) is 0.273. The summed E-state index contributed by atoms with van der Waals surface area (Å²) in [5.74, 6) is 0.0201. The number of carbonyl (C=O) groups excluding carboxylic acids is 1. The van der Waals surface area contributed by atoms with Crippen molar-refractivity contribution in [3.8, 4) is 5.69 Å². The van der Waals surface area contributed by atoms with Gasteiger partial charge in [-0.05, 0) is 36.2 Å². The number of amides is 1. The molecule has 5 nitrogen and oxygen atoms in total. The molecule has 4 rings (SSSR count). The molecule has 138 valence electrons. The van der Waals surface area contributed by atoms with Crippen molar-refractivity contribution in [2.75, 3.05) is 32.7 Å². The second-order valence-corrected chi connectivity index (χ2v) is 6.86. The number of aromatic nitrogens is 2. The number of hydrogen-bond acceptors (Lipinski definition) is 3. The fourth-order valence-corrected chi connectivity index (χ4v) is 3.47. The average Bonchev–Trinajstić information content (AvgIpc) is 3.28. The van der Waals surface area contributed by atoms with E-state index in [4.69, 9.17) is 0 Å². The van der Waals surface area contributed by atoms with E-state index >= 15 is 0 Å². The molecule has 3 aromatic rings. The lowest BCUT2D eigenvalue weighted by Crippen LogP contribution is -2.49. The molecule has 1 aliphatic heterocycles. The van der Waals surface area contributed by atoms with E-state index in [9.17, 15) is 4.79 Å². The van der Waals surface area contributed by atoms with Crippen LogP contribution in [0, 0.1) is 0 Å². The molecule has 27 heavy (non-hydrogen) atoms. The summed E-state index contributed by atoms with van der Waals surface area (Å²) < 4.78 is 1.99. The number of pyridine rings is 1. The maximum absolute atomic E-state index is 12.8. The Hall–Kier alpha value is -2.92. The van der Waals surface area contributed by atoms with Crippen LogP contribution >= 0.6 is 0 Å². The number of piperazine rings is 1. The van der Waals surface area contributed by atoms with Gasteiger partial charge in [0.2, 0.25) is 0 Å². The highest BCUT2D eigenvalue weighted by atomic mass is 16.2. The van der Waals surface area contributed by atoms with Gasteiger partial charge >= 0.3 is 0 Å². The second kappa shape index (κ2) is 8.18. The summed E-state index contributed by atoms with van der Waals surface area (Å²) in [6, 6.07) is 18.3. The van der Waals surface area contributed by atoms with Crippen LogP contribution in [0.4, 0.5) is 0 Å². The maximum Gasteiger partial charge on any atom is 0.272 e. The molecule has 0 aliphatic carbocycles. The SMILES string of the molecule is O=C(c1cc(-n2cccc2)ccn1)N1CCN(CCc2ccccc2)CC1. The van der Waals surface area contributed by atoms with Crippen molar-refractivity contribution in [2.24, 2.45) is 0 Å². The van der Waals surface area contributed by atoms with Crippen LogP contribution in [-0.4, -0.2) is 58.0 Å². The predicted molar refractivity (Wildman–Crippen MR) is 106 cm³/mol. The summed E-state index contributed by atoms with van der Waals surface area (Å²) in [6.45, 7) is 4.37. The molecule has 1 fully saturated rings. The fourth-order valence-electron chi connectivity index (χ4n) is 3.47. The molecular weight excluding hydrogens is 336 g/mol. The largest absolute Gasteiger partial charge is 0.335 e. The Morgan fingerprint density at radius 2 is 1.67 bits per heavy atom. The first kappa shape index (κ1) is 17.5. The van der Waals surface area contributed by atoms with E-state index < -0.39 is 0 Å². The van der Waals surface area contributed by atoms with Crippen molar-refractivity contribution in [1.29, 1.82) is 0 Å². The second-order valence-electron chi connectivity index (χ2n) is 6.86. The summed E-state index contributed by atoms with van der Waals surface area (Å²) in [6.07, 6.45) is 6.69. The summed E-state index contributed by atoms with van der Waals surface area (Å²) in [5, 5.41) is 0. The molecule has 0 N–H and O–H groups in total. The van der Waals surface area contributed by atoms with E-state index in [0.717, 1.165) is 44.8 Å². The molecule has 1 aliphatic rings. The van der Waals surface area contributed by atoms with E-state index in [1.165, 1.54) is 5.56 Å². The van der Waals surface area contributed by atoms with Crippen LogP contribution < -0.4 is 0 Å². The number of benzene rings is 1. The van der Waals surface area contributed by atoms with E-state index in [-0.39, 0.29) is 5.91 Å². The molecule has 2 aromatic heterocycles. The van der Waals surface area contributed by atoms with Gasteiger partial charge in [-0.3, -0.25) is 14.7 Å². The molecule has 0 spiro atoms. The zero-order chi connectivity index (χ0) is 18.5. The Morgan fingerprint density at radius 3 is 2.41 bits per heavy atom. The molecule has 0 atom stereocenters. The number of rotatable bonds is 5. The van der Waals surface area contributed by atoms with Crippen LogP contribution in [0.2, 0.25) is 0 Å². The third-order valence-corrected chi connectivity index (χ3v) is 5.08. The van der Waals surface area contributed by atoms with Crippen molar-refractivity contribution in [2.45, 2.75) is 6.42 Å². The van der Waals surface area contributed by atoms with Crippen LogP contribution in [-0.2, 0) is 6.42 Å².